The van der Waals surface area contributed by atoms with E-state index in [1.807, 2.05) is 44.3 Å². The molecule has 0 saturated carbocycles. The SMILES string of the molecule is Cc1ccc(-c2nc(-c3ccc4nnn(C)c4c3)no2)c(C)c1. The number of hydrogen-bond donors (Lipinski definition) is 0. The van der Waals surface area contributed by atoms with Gasteiger partial charge in [0, 0.05) is 18.2 Å². The zero-order valence-electron chi connectivity index (χ0n) is 13.1. The van der Waals surface area contributed by atoms with E-state index in [4.69, 9.17) is 4.52 Å². The number of fused-ring (bicyclic) bond motifs is 1. The van der Waals surface area contributed by atoms with Gasteiger partial charge in [0.15, 0.2) is 0 Å². The lowest BCUT2D eigenvalue weighted by molar-refractivity contribution is 0.432. The molecular formula is C17H15N5O. The maximum Gasteiger partial charge on any atom is 0.258 e. The second-order valence-electron chi connectivity index (χ2n) is 5.66. The van der Waals surface area contributed by atoms with Crippen molar-refractivity contribution >= 4 is 11.0 Å². The lowest BCUT2D eigenvalue weighted by Gasteiger charge is -2.01. The van der Waals surface area contributed by atoms with Crippen LogP contribution in [-0.2, 0) is 7.05 Å². The molecule has 0 spiro atoms. The Labute approximate surface area is 132 Å². The van der Waals surface area contributed by atoms with E-state index in [0.29, 0.717) is 11.7 Å². The summed E-state index contributed by atoms with van der Waals surface area (Å²) in [5, 5.41) is 12.2. The maximum absolute atomic E-state index is 5.45. The van der Waals surface area contributed by atoms with Crippen LogP contribution in [0.4, 0.5) is 0 Å². The zero-order valence-corrected chi connectivity index (χ0v) is 13.1. The smallest absolute Gasteiger partial charge is 0.258 e. The van der Waals surface area contributed by atoms with Crippen LogP contribution in [0.15, 0.2) is 40.9 Å². The number of aryl methyl sites for hydroxylation is 3. The highest BCUT2D eigenvalue weighted by molar-refractivity contribution is 5.80. The van der Waals surface area contributed by atoms with Gasteiger partial charge in [-0.1, -0.05) is 28.1 Å². The van der Waals surface area contributed by atoms with Crippen molar-refractivity contribution in [1.29, 1.82) is 0 Å². The quantitative estimate of drug-likeness (QED) is 0.568. The van der Waals surface area contributed by atoms with Gasteiger partial charge in [-0.3, -0.25) is 0 Å². The number of rotatable bonds is 2. The topological polar surface area (TPSA) is 69.6 Å². The van der Waals surface area contributed by atoms with E-state index in [-0.39, 0.29) is 0 Å². The Balaban J connectivity index is 1.78. The summed E-state index contributed by atoms with van der Waals surface area (Å²) < 4.78 is 7.18. The molecule has 0 radical (unpaired) electrons. The first kappa shape index (κ1) is 13.6. The number of aromatic nitrogens is 5. The number of nitrogens with zero attached hydrogens (tertiary/aromatic N) is 5. The monoisotopic (exact) mass is 305 g/mol. The van der Waals surface area contributed by atoms with E-state index in [1.165, 1.54) is 5.56 Å². The van der Waals surface area contributed by atoms with Gasteiger partial charge >= 0.3 is 0 Å². The van der Waals surface area contributed by atoms with Crippen molar-refractivity contribution in [3.05, 3.63) is 47.5 Å². The highest BCUT2D eigenvalue weighted by atomic mass is 16.5. The number of hydrogen-bond acceptors (Lipinski definition) is 5. The van der Waals surface area contributed by atoms with Crippen LogP contribution in [0.1, 0.15) is 11.1 Å². The Morgan fingerprint density at radius 1 is 1.04 bits per heavy atom. The molecule has 2 aromatic heterocycles. The second-order valence-corrected chi connectivity index (χ2v) is 5.66. The Morgan fingerprint density at radius 3 is 2.74 bits per heavy atom. The Bertz CT molecular complexity index is 1010. The predicted molar refractivity (Wildman–Crippen MR) is 86.7 cm³/mol. The zero-order chi connectivity index (χ0) is 16.0. The third-order valence-electron chi connectivity index (χ3n) is 3.91. The fourth-order valence-electron chi connectivity index (χ4n) is 2.67. The lowest BCUT2D eigenvalue weighted by Crippen LogP contribution is -1.90. The first-order valence-corrected chi connectivity index (χ1v) is 7.33. The molecule has 0 aliphatic heterocycles. The predicted octanol–water partition coefficient (Wildman–Crippen LogP) is 3.30. The van der Waals surface area contributed by atoms with E-state index in [0.717, 1.165) is 27.7 Å². The summed E-state index contributed by atoms with van der Waals surface area (Å²) in [6.45, 7) is 4.10. The van der Waals surface area contributed by atoms with E-state index >= 15 is 0 Å². The minimum atomic E-state index is 0.528. The molecule has 0 bridgehead atoms. The average molecular weight is 305 g/mol. The highest BCUT2D eigenvalue weighted by Gasteiger charge is 2.14. The molecular weight excluding hydrogens is 290 g/mol. The summed E-state index contributed by atoms with van der Waals surface area (Å²) in [4.78, 5) is 4.53. The molecule has 0 N–H and O–H groups in total. The molecule has 114 valence electrons. The molecule has 0 unspecified atom stereocenters. The number of benzene rings is 2. The van der Waals surface area contributed by atoms with Crippen LogP contribution in [0.2, 0.25) is 0 Å². The van der Waals surface area contributed by atoms with Crippen LogP contribution >= 0.6 is 0 Å². The molecule has 2 aromatic carbocycles. The van der Waals surface area contributed by atoms with E-state index in [1.54, 1.807) is 4.68 Å². The first-order valence-electron chi connectivity index (χ1n) is 7.33. The lowest BCUT2D eigenvalue weighted by atomic mass is 10.1. The third kappa shape index (κ3) is 2.28. The normalized spacial score (nSPS) is 11.3. The molecule has 6 nitrogen and oxygen atoms in total. The Kier molecular flexibility index (Phi) is 2.97. The second kappa shape index (κ2) is 5.01. The largest absolute Gasteiger partial charge is 0.334 e. The van der Waals surface area contributed by atoms with Gasteiger partial charge in [-0.05, 0) is 43.7 Å². The minimum Gasteiger partial charge on any atom is -0.334 e. The first-order chi connectivity index (χ1) is 11.1. The molecule has 23 heavy (non-hydrogen) atoms. The van der Waals surface area contributed by atoms with E-state index in [2.05, 4.69) is 33.4 Å². The maximum atomic E-state index is 5.45. The van der Waals surface area contributed by atoms with Crippen LogP contribution in [0, 0.1) is 13.8 Å². The van der Waals surface area contributed by atoms with Crippen molar-refractivity contribution in [3.8, 4) is 22.8 Å². The molecule has 0 fully saturated rings. The van der Waals surface area contributed by atoms with Crippen molar-refractivity contribution in [2.45, 2.75) is 13.8 Å². The molecule has 0 amide bonds. The van der Waals surface area contributed by atoms with Gasteiger partial charge in [0.2, 0.25) is 5.82 Å². The summed E-state index contributed by atoms with van der Waals surface area (Å²) in [6, 6.07) is 12.0. The molecule has 4 rings (SSSR count). The minimum absolute atomic E-state index is 0.528. The van der Waals surface area contributed by atoms with Crippen molar-refractivity contribution in [1.82, 2.24) is 25.1 Å². The van der Waals surface area contributed by atoms with Crippen LogP contribution in [-0.4, -0.2) is 25.1 Å². The molecule has 0 aliphatic rings. The standard InChI is InChI=1S/C17H15N5O/c1-10-4-6-13(11(2)8-10)17-18-16(20-23-17)12-5-7-14-15(9-12)22(3)21-19-14/h4-9H,1-3H3. The van der Waals surface area contributed by atoms with Gasteiger partial charge in [0.1, 0.15) is 5.52 Å². The Hall–Kier alpha value is -3.02. The van der Waals surface area contributed by atoms with E-state index in [9.17, 15) is 0 Å². The fraction of sp³-hybridized carbons (Fsp3) is 0.176. The van der Waals surface area contributed by atoms with Crippen LogP contribution in [0.5, 0.6) is 0 Å². The van der Waals surface area contributed by atoms with Gasteiger partial charge in [-0.25, -0.2) is 4.68 Å². The molecule has 2 heterocycles. The van der Waals surface area contributed by atoms with Gasteiger partial charge in [0.25, 0.3) is 5.89 Å². The van der Waals surface area contributed by atoms with Gasteiger partial charge < -0.3 is 4.52 Å². The van der Waals surface area contributed by atoms with Gasteiger partial charge in [-0.15, -0.1) is 5.10 Å². The highest BCUT2D eigenvalue weighted by Crippen LogP contribution is 2.26. The summed E-state index contributed by atoms with van der Waals surface area (Å²) in [5.41, 5.74) is 5.93. The van der Waals surface area contributed by atoms with Crippen molar-refractivity contribution in [3.63, 3.8) is 0 Å². The Morgan fingerprint density at radius 2 is 1.91 bits per heavy atom. The van der Waals surface area contributed by atoms with Crippen molar-refractivity contribution in [2.24, 2.45) is 7.05 Å². The van der Waals surface area contributed by atoms with Crippen molar-refractivity contribution < 1.29 is 4.52 Å². The van der Waals surface area contributed by atoms with Crippen LogP contribution < -0.4 is 0 Å². The molecule has 6 heteroatoms. The van der Waals surface area contributed by atoms with Gasteiger partial charge in [0.05, 0.1) is 5.52 Å². The molecule has 0 saturated heterocycles. The van der Waals surface area contributed by atoms with Crippen molar-refractivity contribution in [2.75, 3.05) is 0 Å². The van der Waals surface area contributed by atoms with Crippen LogP contribution in [0.25, 0.3) is 33.9 Å². The summed E-state index contributed by atoms with van der Waals surface area (Å²) in [5.74, 6) is 1.09. The van der Waals surface area contributed by atoms with E-state index < -0.39 is 0 Å². The molecule has 0 aliphatic carbocycles. The third-order valence-corrected chi connectivity index (χ3v) is 3.91. The summed E-state index contributed by atoms with van der Waals surface area (Å²) >= 11 is 0. The fourth-order valence-corrected chi connectivity index (χ4v) is 2.67. The molecule has 0 atom stereocenters. The average Bonchev–Trinajstić information content (AvgIpc) is 3.15. The summed E-state index contributed by atoms with van der Waals surface area (Å²) in [6.07, 6.45) is 0. The molecule has 4 aromatic rings. The van der Waals surface area contributed by atoms with Gasteiger partial charge in [-0.2, -0.15) is 4.98 Å². The summed E-state index contributed by atoms with van der Waals surface area (Å²) in [7, 11) is 1.86. The van der Waals surface area contributed by atoms with Crippen LogP contribution in [0.3, 0.4) is 0 Å².